The van der Waals surface area contributed by atoms with E-state index in [1.165, 1.54) is 0 Å². The molecule has 0 aliphatic rings. The van der Waals surface area contributed by atoms with E-state index in [-0.39, 0.29) is 5.38 Å². The average molecular weight is 346 g/mol. The normalized spacial score (nSPS) is 12.0. The summed E-state index contributed by atoms with van der Waals surface area (Å²) in [6.07, 6.45) is 0.613. The Bertz CT molecular complexity index is 629. The van der Waals surface area contributed by atoms with Gasteiger partial charge in [0, 0.05) is 5.56 Å². The van der Waals surface area contributed by atoms with Gasteiger partial charge in [-0.25, -0.2) is 0 Å². The zero-order valence-electron chi connectivity index (χ0n) is 11.7. The van der Waals surface area contributed by atoms with E-state index >= 15 is 0 Å². The largest absolute Gasteiger partial charge is 0.493 e. The maximum atomic E-state index is 6.53. The highest BCUT2D eigenvalue weighted by atomic mass is 35.5. The first-order valence-corrected chi connectivity index (χ1v) is 7.55. The number of benzene rings is 2. The van der Waals surface area contributed by atoms with Crippen molar-refractivity contribution in [1.82, 2.24) is 0 Å². The molecule has 0 aliphatic carbocycles. The van der Waals surface area contributed by atoms with Crippen LogP contribution in [0.3, 0.4) is 0 Å². The van der Waals surface area contributed by atoms with Crippen LogP contribution >= 0.6 is 34.8 Å². The van der Waals surface area contributed by atoms with Crippen LogP contribution in [0.1, 0.15) is 16.5 Å². The summed E-state index contributed by atoms with van der Waals surface area (Å²) in [7, 11) is 3.20. The molecule has 0 saturated carbocycles. The molecule has 0 bridgehead atoms. The quantitative estimate of drug-likeness (QED) is 0.663. The highest BCUT2D eigenvalue weighted by Gasteiger charge is 2.17. The van der Waals surface area contributed by atoms with Crippen LogP contribution in [0.5, 0.6) is 11.5 Å². The summed E-state index contributed by atoms with van der Waals surface area (Å²) in [4.78, 5) is 0. The molecule has 0 aliphatic heterocycles. The van der Waals surface area contributed by atoms with Crippen LogP contribution in [0, 0.1) is 0 Å². The zero-order chi connectivity index (χ0) is 15.4. The molecule has 0 radical (unpaired) electrons. The maximum Gasteiger partial charge on any atom is 0.165 e. The summed E-state index contributed by atoms with van der Waals surface area (Å²) in [5.74, 6) is 1.31. The predicted molar refractivity (Wildman–Crippen MR) is 88.3 cm³/mol. The van der Waals surface area contributed by atoms with Gasteiger partial charge in [0.05, 0.1) is 29.6 Å². The molecule has 1 atom stereocenters. The maximum absolute atomic E-state index is 6.53. The topological polar surface area (TPSA) is 18.5 Å². The van der Waals surface area contributed by atoms with Gasteiger partial charge in [-0.2, -0.15) is 0 Å². The first-order valence-electron chi connectivity index (χ1n) is 6.35. The molecule has 2 aromatic carbocycles. The number of para-hydroxylation sites is 1. The second-order valence-corrected chi connectivity index (χ2v) is 5.84. The number of methoxy groups -OCH3 is 2. The first-order chi connectivity index (χ1) is 10.1. The third-order valence-electron chi connectivity index (χ3n) is 3.17. The van der Waals surface area contributed by atoms with E-state index in [9.17, 15) is 0 Å². The van der Waals surface area contributed by atoms with Gasteiger partial charge >= 0.3 is 0 Å². The molecule has 0 saturated heterocycles. The fourth-order valence-corrected chi connectivity index (χ4v) is 2.81. The van der Waals surface area contributed by atoms with Gasteiger partial charge < -0.3 is 9.47 Å². The fraction of sp³-hybridized carbons (Fsp3) is 0.250. The number of alkyl halides is 1. The zero-order valence-corrected chi connectivity index (χ0v) is 14.0. The molecule has 0 heterocycles. The molecule has 5 heteroatoms. The fourth-order valence-electron chi connectivity index (χ4n) is 2.14. The van der Waals surface area contributed by atoms with E-state index in [4.69, 9.17) is 44.3 Å². The summed E-state index contributed by atoms with van der Waals surface area (Å²) in [5.41, 5.74) is 1.89. The van der Waals surface area contributed by atoms with Crippen molar-refractivity contribution < 1.29 is 9.47 Å². The highest BCUT2D eigenvalue weighted by Crippen LogP contribution is 2.39. The van der Waals surface area contributed by atoms with Gasteiger partial charge in [0.25, 0.3) is 0 Å². The van der Waals surface area contributed by atoms with Crippen LogP contribution in [0.25, 0.3) is 0 Å². The van der Waals surface area contributed by atoms with Crippen LogP contribution in [0.4, 0.5) is 0 Å². The number of halogens is 3. The summed E-state index contributed by atoms with van der Waals surface area (Å²) in [6, 6.07) is 11.2. The summed E-state index contributed by atoms with van der Waals surface area (Å²) >= 11 is 18.5. The third kappa shape index (κ3) is 3.76. The number of ether oxygens (including phenoxy) is 2. The molecule has 0 spiro atoms. The molecule has 0 N–H and O–H groups in total. The Morgan fingerprint density at radius 3 is 2.38 bits per heavy atom. The van der Waals surface area contributed by atoms with Crippen molar-refractivity contribution >= 4 is 34.8 Å². The lowest BCUT2D eigenvalue weighted by atomic mass is 10.0. The molecule has 1 unspecified atom stereocenters. The van der Waals surface area contributed by atoms with Crippen molar-refractivity contribution in [2.24, 2.45) is 0 Å². The second kappa shape index (κ2) is 7.26. The second-order valence-electron chi connectivity index (χ2n) is 4.50. The molecule has 21 heavy (non-hydrogen) atoms. The Morgan fingerprint density at radius 1 is 1.00 bits per heavy atom. The lowest BCUT2D eigenvalue weighted by Gasteiger charge is -2.16. The smallest absolute Gasteiger partial charge is 0.165 e. The predicted octanol–water partition coefficient (Wildman–Crippen LogP) is 5.53. The molecular weight excluding hydrogens is 331 g/mol. The molecule has 0 aromatic heterocycles. The van der Waals surface area contributed by atoms with Gasteiger partial charge in [-0.05, 0) is 30.2 Å². The van der Waals surface area contributed by atoms with Gasteiger partial charge in [-0.1, -0.05) is 41.4 Å². The molecule has 2 nitrogen and oxygen atoms in total. The van der Waals surface area contributed by atoms with Crippen molar-refractivity contribution in [2.75, 3.05) is 14.2 Å². The molecule has 112 valence electrons. The van der Waals surface area contributed by atoms with Gasteiger partial charge in [0.15, 0.2) is 11.5 Å². The van der Waals surface area contributed by atoms with E-state index in [1.54, 1.807) is 20.3 Å². The van der Waals surface area contributed by atoms with Crippen molar-refractivity contribution in [3.8, 4) is 11.5 Å². The minimum atomic E-state index is -0.257. The van der Waals surface area contributed by atoms with Crippen molar-refractivity contribution in [3.63, 3.8) is 0 Å². The lowest BCUT2D eigenvalue weighted by molar-refractivity contribution is 0.351. The van der Waals surface area contributed by atoms with Crippen LogP contribution in [-0.4, -0.2) is 14.2 Å². The van der Waals surface area contributed by atoms with Crippen LogP contribution in [0.15, 0.2) is 36.4 Å². The molecule has 0 amide bonds. The Kier molecular flexibility index (Phi) is 5.63. The van der Waals surface area contributed by atoms with Crippen LogP contribution in [0.2, 0.25) is 10.0 Å². The standard InChI is InChI=1S/C16H15Cl3O2/c1-20-15-5-3-4-11(16(15)21-2)13(18)8-10-6-7-12(17)14(19)9-10/h3-7,9,13H,8H2,1-2H3. The SMILES string of the molecule is COc1cccc(C(Cl)Cc2ccc(Cl)c(Cl)c2)c1OC. The number of hydrogen-bond acceptors (Lipinski definition) is 2. The minimum absolute atomic E-state index is 0.257. The van der Waals surface area contributed by atoms with E-state index in [2.05, 4.69) is 0 Å². The van der Waals surface area contributed by atoms with Crippen molar-refractivity contribution in [3.05, 3.63) is 57.6 Å². The Hall–Kier alpha value is -1.09. The Labute approximate surface area is 139 Å². The van der Waals surface area contributed by atoms with Gasteiger partial charge in [-0.15, -0.1) is 11.6 Å². The summed E-state index contributed by atoms with van der Waals surface area (Å²) in [5, 5.41) is 0.799. The third-order valence-corrected chi connectivity index (χ3v) is 4.30. The van der Waals surface area contributed by atoms with Gasteiger partial charge in [0.2, 0.25) is 0 Å². The molecule has 2 rings (SSSR count). The van der Waals surface area contributed by atoms with Gasteiger partial charge in [-0.3, -0.25) is 0 Å². The highest BCUT2D eigenvalue weighted by molar-refractivity contribution is 6.42. The number of hydrogen-bond donors (Lipinski definition) is 0. The van der Waals surface area contributed by atoms with E-state index in [0.29, 0.717) is 28.0 Å². The monoisotopic (exact) mass is 344 g/mol. The van der Waals surface area contributed by atoms with Crippen molar-refractivity contribution in [1.29, 1.82) is 0 Å². The Balaban J connectivity index is 2.27. The van der Waals surface area contributed by atoms with E-state index < -0.39 is 0 Å². The average Bonchev–Trinajstić information content (AvgIpc) is 2.49. The molecule has 2 aromatic rings. The van der Waals surface area contributed by atoms with Crippen molar-refractivity contribution in [2.45, 2.75) is 11.8 Å². The van der Waals surface area contributed by atoms with E-state index in [0.717, 1.165) is 11.1 Å². The molecule has 0 fully saturated rings. The number of rotatable bonds is 5. The first kappa shape index (κ1) is 16.3. The summed E-state index contributed by atoms with van der Waals surface area (Å²) < 4.78 is 10.7. The van der Waals surface area contributed by atoms with Crippen LogP contribution in [-0.2, 0) is 6.42 Å². The van der Waals surface area contributed by atoms with E-state index in [1.807, 2.05) is 30.3 Å². The summed E-state index contributed by atoms with van der Waals surface area (Å²) in [6.45, 7) is 0. The Morgan fingerprint density at radius 2 is 1.76 bits per heavy atom. The van der Waals surface area contributed by atoms with Crippen LogP contribution < -0.4 is 9.47 Å². The lowest BCUT2D eigenvalue weighted by Crippen LogP contribution is -2.01. The minimum Gasteiger partial charge on any atom is -0.493 e. The molecular formula is C16H15Cl3O2. The van der Waals surface area contributed by atoms with Gasteiger partial charge in [0.1, 0.15) is 0 Å².